The van der Waals surface area contributed by atoms with Crippen LogP contribution in [0.5, 0.6) is 0 Å². The lowest BCUT2D eigenvalue weighted by molar-refractivity contribution is 0.103. The Morgan fingerprint density at radius 3 is 2.71 bits per heavy atom. The van der Waals surface area contributed by atoms with E-state index >= 15 is 0 Å². The largest absolute Gasteiger partial charge is 0.391 e. The van der Waals surface area contributed by atoms with Crippen LogP contribution in [0.3, 0.4) is 0 Å². The molecule has 2 amide bonds. The van der Waals surface area contributed by atoms with Crippen molar-refractivity contribution >= 4 is 17.6 Å². The summed E-state index contributed by atoms with van der Waals surface area (Å²) >= 11 is 5.85. The molecule has 0 radical (unpaired) electrons. The first kappa shape index (κ1) is 16.1. The van der Waals surface area contributed by atoms with Crippen molar-refractivity contribution in [3.63, 3.8) is 0 Å². The molecule has 0 aromatic heterocycles. The lowest BCUT2D eigenvalue weighted by Gasteiger charge is -2.20. The van der Waals surface area contributed by atoms with Gasteiger partial charge in [-0.15, -0.1) is 0 Å². The van der Waals surface area contributed by atoms with Crippen molar-refractivity contribution < 1.29 is 14.6 Å². The number of hydrogen-bond acceptors (Lipinski definition) is 3. The van der Waals surface area contributed by atoms with E-state index in [1.807, 2.05) is 12.1 Å². The van der Waals surface area contributed by atoms with Gasteiger partial charge in [0.15, 0.2) is 0 Å². The molecule has 6 heteroatoms. The zero-order valence-electron chi connectivity index (χ0n) is 12.0. The summed E-state index contributed by atoms with van der Waals surface area (Å²) in [6.07, 6.45) is 1.83. The molecule has 2 rings (SSSR count). The Hall–Kier alpha value is -1.30. The third kappa shape index (κ3) is 4.59. The molecule has 3 atom stereocenters. The van der Waals surface area contributed by atoms with Gasteiger partial charge < -0.3 is 20.5 Å². The molecule has 1 saturated carbocycles. The number of hydrogen-bond donors (Lipinski definition) is 3. The fraction of sp³-hybridized carbons (Fsp3) is 0.533. The molecule has 0 aliphatic heterocycles. The molecule has 1 aromatic carbocycles. The lowest BCUT2D eigenvalue weighted by Crippen LogP contribution is -2.46. The van der Waals surface area contributed by atoms with Crippen LogP contribution in [0.2, 0.25) is 5.02 Å². The number of methoxy groups -OCH3 is 1. The van der Waals surface area contributed by atoms with E-state index in [0.717, 1.165) is 24.8 Å². The van der Waals surface area contributed by atoms with Crippen LogP contribution < -0.4 is 10.6 Å². The SMILES string of the molecule is CO[C@H](CNC(=O)N[C@@H]1CCC[C@@H]1O)c1ccc(Cl)cc1. The summed E-state index contributed by atoms with van der Waals surface area (Å²) in [7, 11) is 1.60. The van der Waals surface area contributed by atoms with Crippen molar-refractivity contribution in [1.29, 1.82) is 0 Å². The molecule has 0 unspecified atom stereocenters. The highest BCUT2D eigenvalue weighted by molar-refractivity contribution is 6.30. The second-order valence-electron chi connectivity index (χ2n) is 5.24. The number of carbonyl (C=O) groups is 1. The smallest absolute Gasteiger partial charge is 0.315 e. The Kier molecular flexibility index (Phi) is 5.85. The van der Waals surface area contributed by atoms with Gasteiger partial charge in [-0.3, -0.25) is 0 Å². The van der Waals surface area contributed by atoms with Gasteiger partial charge in [0.05, 0.1) is 18.2 Å². The third-order valence-electron chi connectivity index (χ3n) is 3.77. The predicted octanol–water partition coefficient (Wildman–Crippen LogP) is 2.24. The standard InChI is InChI=1S/C15H21ClN2O3/c1-21-14(10-5-7-11(16)8-6-10)9-17-15(20)18-12-3-2-4-13(12)19/h5-8,12-14,19H,2-4,9H2,1H3,(H2,17,18,20)/t12-,13+,14-/m1/s1. The van der Waals surface area contributed by atoms with Crippen LogP contribution in [0.4, 0.5) is 4.79 Å². The second-order valence-corrected chi connectivity index (χ2v) is 5.67. The number of amides is 2. The normalized spacial score (nSPS) is 22.8. The summed E-state index contributed by atoms with van der Waals surface area (Å²) < 4.78 is 5.38. The molecule has 0 spiro atoms. The minimum atomic E-state index is -0.440. The van der Waals surface area contributed by atoms with Crippen molar-refractivity contribution in [3.8, 4) is 0 Å². The van der Waals surface area contributed by atoms with E-state index in [-0.39, 0.29) is 18.2 Å². The maximum Gasteiger partial charge on any atom is 0.315 e. The summed E-state index contributed by atoms with van der Waals surface area (Å²) in [5.74, 6) is 0. The molecule has 1 aliphatic carbocycles. The first-order chi connectivity index (χ1) is 10.1. The van der Waals surface area contributed by atoms with Crippen molar-refractivity contribution in [1.82, 2.24) is 10.6 Å². The van der Waals surface area contributed by atoms with E-state index in [4.69, 9.17) is 16.3 Å². The number of carbonyl (C=O) groups excluding carboxylic acids is 1. The van der Waals surface area contributed by atoms with Crippen LogP contribution in [0.25, 0.3) is 0 Å². The van der Waals surface area contributed by atoms with Crippen LogP contribution in [-0.2, 0) is 4.74 Å². The molecular weight excluding hydrogens is 292 g/mol. The van der Waals surface area contributed by atoms with Gasteiger partial charge >= 0.3 is 6.03 Å². The van der Waals surface area contributed by atoms with E-state index in [9.17, 15) is 9.90 Å². The zero-order valence-corrected chi connectivity index (χ0v) is 12.8. The number of rotatable bonds is 5. The van der Waals surface area contributed by atoms with Gasteiger partial charge in [-0.25, -0.2) is 4.79 Å². The minimum absolute atomic E-state index is 0.151. The number of aliphatic hydroxyl groups excluding tert-OH is 1. The van der Waals surface area contributed by atoms with Crippen LogP contribution in [0.15, 0.2) is 24.3 Å². The van der Waals surface area contributed by atoms with Gasteiger partial charge in [0.25, 0.3) is 0 Å². The summed E-state index contributed by atoms with van der Waals surface area (Å²) in [6, 6.07) is 6.89. The zero-order chi connectivity index (χ0) is 15.2. The van der Waals surface area contributed by atoms with Crippen LogP contribution in [0, 0.1) is 0 Å². The maximum atomic E-state index is 11.8. The molecule has 1 aliphatic rings. The Bertz CT molecular complexity index is 466. The highest BCUT2D eigenvalue weighted by Gasteiger charge is 2.26. The van der Waals surface area contributed by atoms with Gasteiger partial charge in [0.2, 0.25) is 0 Å². The fourth-order valence-corrected chi connectivity index (χ4v) is 2.65. The first-order valence-corrected chi connectivity index (χ1v) is 7.48. The van der Waals surface area contributed by atoms with E-state index < -0.39 is 6.10 Å². The Balaban J connectivity index is 1.82. The lowest BCUT2D eigenvalue weighted by atomic mass is 10.1. The number of ether oxygens (including phenoxy) is 1. The number of benzene rings is 1. The number of halogens is 1. The number of aliphatic hydroxyl groups is 1. The predicted molar refractivity (Wildman–Crippen MR) is 81.4 cm³/mol. The molecule has 3 N–H and O–H groups in total. The molecule has 0 heterocycles. The van der Waals surface area contributed by atoms with Crippen molar-refractivity contribution in [2.75, 3.05) is 13.7 Å². The van der Waals surface area contributed by atoms with Gasteiger partial charge in [-0.1, -0.05) is 23.7 Å². The second kappa shape index (κ2) is 7.64. The number of urea groups is 1. The van der Waals surface area contributed by atoms with Gasteiger partial charge in [-0.05, 0) is 37.0 Å². The monoisotopic (exact) mass is 312 g/mol. The summed E-state index contributed by atoms with van der Waals surface area (Å²) in [5.41, 5.74) is 0.947. The first-order valence-electron chi connectivity index (χ1n) is 7.11. The van der Waals surface area contributed by atoms with Crippen molar-refractivity contribution in [2.24, 2.45) is 0 Å². The number of nitrogens with one attached hydrogen (secondary N) is 2. The highest BCUT2D eigenvalue weighted by Crippen LogP contribution is 2.19. The van der Waals surface area contributed by atoms with Gasteiger partial charge in [0.1, 0.15) is 0 Å². The minimum Gasteiger partial charge on any atom is -0.391 e. The fourth-order valence-electron chi connectivity index (χ4n) is 2.53. The van der Waals surface area contributed by atoms with Crippen LogP contribution in [0.1, 0.15) is 30.9 Å². The van der Waals surface area contributed by atoms with E-state index in [1.165, 1.54) is 0 Å². The van der Waals surface area contributed by atoms with E-state index in [2.05, 4.69) is 10.6 Å². The summed E-state index contributed by atoms with van der Waals surface area (Å²) in [5, 5.41) is 15.9. The van der Waals surface area contributed by atoms with Crippen LogP contribution in [-0.4, -0.2) is 36.9 Å². The molecular formula is C15H21ClN2O3. The molecule has 1 fully saturated rings. The maximum absolute atomic E-state index is 11.8. The van der Waals surface area contributed by atoms with Crippen molar-refractivity contribution in [3.05, 3.63) is 34.9 Å². The molecule has 0 bridgehead atoms. The van der Waals surface area contributed by atoms with E-state index in [0.29, 0.717) is 11.6 Å². The van der Waals surface area contributed by atoms with Gasteiger partial charge in [-0.2, -0.15) is 0 Å². The highest BCUT2D eigenvalue weighted by atomic mass is 35.5. The molecule has 5 nitrogen and oxygen atoms in total. The quantitative estimate of drug-likeness (QED) is 0.781. The topological polar surface area (TPSA) is 70.6 Å². The van der Waals surface area contributed by atoms with Crippen molar-refractivity contribution in [2.45, 2.75) is 37.5 Å². The van der Waals surface area contributed by atoms with Crippen LogP contribution >= 0.6 is 11.6 Å². The molecule has 1 aromatic rings. The Morgan fingerprint density at radius 1 is 1.43 bits per heavy atom. The summed E-state index contributed by atoms with van der Waals surface area (Å²) in [6.45, 7) is 0.354. The molecule has 116 valence electrons. The third-order valence-corrected chi connectivity index (χ3v) is 4.02. The van der Waals surface area contributed by atoms with Gasteiger partial charge in [0, 0.05) is 18.7 Å². The van der Waals surface area contributed by atoms with E-state index in [1.54, 1.807) is 19.2 Å². The average molecular weight is 313 g/mol. The average Bonchev–Trinajstić information content (AvgIpc) is 2.87. The Labute approximate surface area is 129 Å². The molecule has 0 saturated heterocycles. The summed E-state index contributed by atoms with van der Waals surface area (Å²) in [4.78, 5) is 11.8. The Morgan fingerprint density at radius 2 is 2.14 bits per heavy atom. The molecule has 21 heavy (non-hydrogen) atoms.